The van der Waals surface area contributed by atoms with Crippen LogP contribution in [0.1, 0.15) is 19.3 Å². The molecule has 1 aliphatic carbocycles. The number of likely N-dealkylation sites (tertiary alicyclic amines) is 1. The third kappa shape index (κ3) is 3.67. The van der Waals surface area contributed by atoms with Gasteiger partial charge >= 0.3 is 0 Å². The number of ether oxygens (including phenoxy) is 1. The number of methoxy groups -OCH3 is 1. The fourth-order valence-corrected chi connectivity index (χ4v) is 4.28. The SMILES string of the molecule is COc1ccc(N2CCN(C(=O)CN3CCC(O)(C4CC4)C3)CC2)cc1. The van der Waals surface area contributed by atoms with Crippen LogP contribution >= 0.6 is 0 Å². The Morgan fingerprint density at radius 3 is 2.46 bits per heavy atom. The average molecular weight is 359 g/mol. The van der Waals surface area contributed by atoms with Crippen molar-refractivity contribution >= 4 is 11.6 Å². The molecule has 1 aromatic rings. The van der Waals surface area contributed by atoms with Gasteiger partial charge in [-0.15, -0.1) is 0 Å². The molecule has 6 heteroatoms. The highest BCUT2D eigenvalue weighted by Crippen LogP contribution is 2.44. The molecular formula is C20H29N3O3. The zero-order chi connectivity index (χ0) is 18.1. The fraction of sp³-hybridized carbons (Fsp3) is 0.650. The number of piperazine rings is 1. The van der Waals surface area contributed by atoms with Gasteiger partial charge in [0, 0.05) is 45.0 Å². The molecule has 1 unspecified atom stereocenters. The molecule has 3 aliphatic rings. The maximum Gasteiger partial charge on any atom is 0.236 e. The lowest BCUT2D eigenvalue weighted by atomic mass is 9.97. The number of β-amino-alcohol motifs (C(OH)–C–C–N with tert-alkyl or cyclic N) is 1. The van der Waals surface area contributed by atoms with E-state index in [0.717, 1.165) is 57.7 Å². The third-order valence-electron chi connectivity index (χ3n) is 6.12. The molecule has 142 valence electrons. The Bertz CT molecular complexity index is 638. The summed E-state index contributed by atoms with van der Waals surface area (Å²) in [6.45, 7) is 5.16. The molecular weight excluding hydrogens is 330 g/mol. The summed E-state index contributed by atoms with van der Waals surface area (Å²) in [5.74, 6) is 1.52. The summed E-state index contributed by atoms with van der Waals surface area (Å²) in [7, 11) is 1.67. The summed E-state index contributed by atoms with van der Waals surface area (Å²) in [6, 6.07) is 8.08. The van der Waals surface area contributed by atoms with Crippen LogP contribution in [0.25, 0.3) is 0 Å². The molecule has 1 atom stereocenters. The van der Waals surface area contributed by atoms with Gasteiger partial charge in [-0.2, -0.15) is 0 Å². The second-order valence-corrected chi connectivity index (χ2v) is 7.90. The van der Waals surface area contributed by atoms with Crippen molar-refractivity contribution in [3.8, 4) is 5.75 Å². The van der Waals surface area contributed by atoms with Crippen LogP contribution in [0.4, 0.5) is 5.69 Å². The van der Waals surface area contributed by atoms with E-state index in [-0.39, 0.29) is 5.91 Å². The van der Waals surface area contributed by atoms with Crippen LogP contribution in [0.3, 0.4) is 0 Å². The van der Waals surface area contributed by atoms with E-state index in [2.05, 4.69) is 21.9 Å². The molecule has 1 amide bonds. The first-order valence-corrected chi connectivity index (χ1v) is 9.69. The fourth-order valence-electron chi connectivity index (χ4n) is 4.28. The lowest BCUT2D eigenvalue weighted by Crippen LogP contribution is -2.51. The van der Waals surface area contributed by atoms with E-state index in [0.29, 0.717) is 19.0 Å². The quantitative estimate of drug-likeness (QED) is 0.856. The highest BCUT2D eigenvalue weighted by atomic mass is 16.5. The van der Waals surface area contributed by atoms with E-state index in [9.17, 15) is 9.90 Å². The first-order valence-electron chi connectivity index (χ1n) is 9.69. The number of amides is 1. The Balaban J connectivity index is 1.25. The molecule has 1 N–H and O–H groups in total. The topological polar surface area (TPSA) is 56.2 Å². The lowest BCUT2D eigenvalue weighted by Gasteiger charge is -2.37. The van der Waals surface area contributed by atoms with Crippen LogP contribution in [0, 0.1) is 5.92 Å². The second kappa shape index (κ2) is 7.08. The van der Waals surface area contributed by atoms with Crippen molar-refractivity contribution in [1.29, 1.82) is 0 Å². The van der Waals surface area contributed by atoms with Gasteiger partial charge in [-0.1, -0.05) is 0 Å². The number of rotatable bonds is 5. The molecule has 6 nitrogen and oxygen atoms in total. The van der Waals surface area contributed by atoms with Crippen molar-refractivity contribution in [3.05, 3.63) is 24.3 Å². The van der Waals surface area contributed by atoms with Crippen LogP contribution in [-0.4, -0.2) is 79.3 Å². The van der Waals surface area contributed by atoms with E-state index in [1.165, 1.54) is 5.69 Å². The molecule has 2 heterocycles. The van der Waals surface area contributed by atoms with Crippen LogP contribution in [0.5, 0.6) is 5.75 Å². The van der Waals surface area contributed by atoms with Crippen LogP contribution in [0.15, 0.2) is 24.3 Å². The molecule has 0 bridgehead atoms. The van der Waals surface area contributed by atoms with Gasteiger partial charge < -0.3 is 19.6 Å². The van der Waals surface area contributed by atoms with Crippen LogP contribution in [-0.2, 0) is 4.79 Å². The first kappa shape index (κ1) is 17.6. The smallest absolute Gasteiger partial charge is 0.236 e. The zero-order valence-electron chi connectivity index (χ0n) is 15.6. The number of anilines is 1. The monoisotopic (exact) mass is 359 g/mol. The van der Waals surface area contributed by atoms with Crippen molar-refractivity contribution in [2.75, 3.05) is 57.8 Å². The van der Waals surface area contributed by atoms with Gasteiger partial charge in [0.15, 0.2) is 0 Å². The number of nitrogens with zero attached hydrogens (tertiary/aromatic N) is 3. The van der Waals surface area contributed by atoms with Crippen LogP contribution in [0.2, 0.25) is 0 Å². The Morgan fingerprint density at radius 1 is 1.15 bits per heavy atom. The lowest BCUT2D eigenvalue weighted by molar-refractivity contribution is -0.132. The van der Waals surface area contributed by atoms with E-state index >= 15 is 0 Å². The van der Waals surface area contributed by atoms with Gasteiger partial charge in [0.05, 0.1) is 19.3 Å². The summed E-state index contributed by atoms with van der Waals surface area (Å²) in [4.78, 5) is 19.1. The molecule has 0 aromatic heterocycles. The highest BCUT2D eigenvalue weighted by Gasteiger charge is 2.48. The minimum atomic E-state index is -0.534. The second-order valence-electron chi connectivity index (χ2n) is 7.90. The van der Waals surface area contributed by atoms with E-state index in [1.807, 2.05) is 17.0 Å². The average Bonchev–Trinajstić information content (AvgIpc) is 3.47. The summed E-state index contributed by atoms with van der Waals surface area (Å²) in [6.07, 6.45) is 3.10. The summed E-state index contributed by atoms with van der Waals surface area (Å²) >= 11 is 0. The van der Waals surface area contributed by atoms with E-state index in [1.54, 1.807) is 7.11 Å². The van der Waals surface area contributed by atoms with Gasteiger partial charge in [-0.05, 0) is 49.4 Å². The number of carbonyl (C=O) groups is 1. The predicted molar refractivity (Wildman–Crippen MR) is 101 cm³/mol. The van der Waals surface area contributed by atoms with E-state index < -0.39 is 5.60 Å². The van der Waals surface area contributed by atoms with Gasteiger partial charge in [0.1, 0.15) is 5.75 Å². The van der Waals surface area contributed by atoms with Crippen molar-refractivity contribution in [1.82, 2.24) is 9.80 Å². The molecule has 4 rings (SSSR count). The predicted octanol–water partition coefficient (Wildman–Crippen LogP) is 1.19. The Morgan fingerprint density at radius 2 is 1.85 bits per heavy atom. The van der Waals surface area contributed by atoms with Gasteiger partial charge in [0.2, 0.25) is 5.91 Å². The summed E-state index contributed by atoms with van der Waals surface area (Å²) in [5.41, 5.74) is 0.639. The molecule has 2 aliphatic heterocycles. The summed E-state index contributed by atoms with van der Waals surface area (Å²) in [5, 5.41) is 10.6. The maximum absolute atomic E-state index is 12.6. The number of aliphatic hydroxyl groups is 1. The number of carbonyl (C=O) groups excluding carboxylic acids is 1. The maximum atomic E-state index is 12.6. The molecule has 1 saturated carbocycles. The number of benzene rings is 1. The Hall–Kier alpha value is -1.79. The zero-order valence-corrected chi connectivity index (χ0v) is 15.6. The molecule has 0 spiro atoms. The molecule has 2 saturated heterocycles. The Labute approximate surface area is 155 Å². The highest BCUT2D eigenvalue weighted by molar-refractivity contribution is 5.78. The van der Waals surface area contributed by atoms with Crippen molar-refractivity contribution in [2.24, 2.45) is 5.92 Å². The molecule has 3 fully saturated rings. The van der Waals surface area contributed by atoms with Crippen molar-refractivity contribution in [2.45, 2.75) is 24.9 Å². The minimum absolute atomic E-state index is 0.194. The van der Waals surface area contributed by atoms with E-state index in [4.69, 9.17) is 4.74 Å². The number of hydrogen-bond acceptors (Lipinski definition) is 5. The van der Waals surface area contributed by atoms with Gasteiger partial charge in [-0.3, -0.25) is 9.69 Å². The normalized spacial score (nSPS) is 27.0. The van der Waals surface area contributed by atoms with Crippen molar-refractivity contribution < 1.29 is 14.6 Å². The summed E-state index contributed by atoms with van der Waals surface area (Å²) < 4.78 is 5.21. The molecule has 0 radical (unpaired) electrons. The molecule has 1 aromatic carbocycles. The van der Waals surface area contributed by atoms with Crippen molar-refractivity contribution in [3.63, 3.8) is 0 Å². The Kier molecular flexibility index (Phi) is 4.80. The standard InChI is InChI=1S/C20H29N3O3/c1-26-18-6-4-17(5-7-18)22-10-12-23(13-11-22)19(24)14-21-9-8-20(25,15-21)16-2-3-16/h4-7,16,25H,2-3,8-15H2,1H3. The third-order valence-corrected chi connectivity index (χ3v) is 6.12. The van der Waals surface area contributed by atoms with Gasteiger partial charge in [-0.25, -0.2) is 0 Å². The minimum Gasteiger partial charge on any atom is -0.497 e. The molecule has 26 heavy (non-hydrogen) atoms. The first-order chi connectivity index (χ1) is 12.6. The number of hydrogen-bond donors (Lipinski definition) is 1. The largest absolute Gasteiger partial charge is 0.497 e. The van der Waals surface area contributed by atoms with Gasteiger partial charge in [0.25, 0.3) is 0 Å². The van der Waals surface area contributed by atoms with Crippen LogP contribution < -0.4 is 9.64 Å².